The van der Waals surface area contributed by atoms with Crippen LogP contribution in [0.4, 0.5) is 0 Å². The fraction of sp³-hybridized carbons (Fsp3) is 0.419. The van der Waals surface area contributed by atoms with Gasteiger partial charge in [0.15, 0.2) is 0 Å². The van der Waals surface area contributed by atoms with Crippen molar-refractivity contribution in [2.45, 2.75) is 68.9 Å². The first-order chi connectivity index (χ1) is 24.2. The molecule has 0 aliphatic heterocycles. The number of amides is 5. The van der Waals surface area contributed by atoms with E-state index in [0.29, 0.717) is 11.3 Å². The van der Waals surface area contributed by atoms with Crippen LogP contribution in [-0.4, -0.2) is 115 Å². The summed E-state index contributed by atoms with van der Waals surface area (Å²) in [7, 11) is 0. The van der Waals surface area contributed by atoms with Crippen LogP contribution in [0.25, 0.3) is 10.9 Å². The predicted molar refractivity (Wildman–Crippen MR) is 185 cm³/mol. The fourth-order valence-electron chi connectivity index (χ4n) is 4.95. The molecule has 20 heteroatoms. The van der Waals surface area contributed by atoms with Crippen LogP contribution in [0.5, 0.6) is 0 Å². The van der Waals surface area contributed by atoms with Gasteiger partial charge in [-0.15, -0.1) is 0 Å². The maximum absolute atomic E-state index is 13.9. The van der Waals surface area contributed by atoms with Gasteiger partial charge in [0.25, 0.3) is 0 Å². The van der Waals surface area contributed by atoms with Crippen molar-refractivity contribution in [1.82, 2.24) is 41.5 Å². The van der Waals surface area contributed by atoms with Gasteiger partial charge in [-0.3, -0.25) is 28.8 Å². The molecule has 0 aliphatic carbocycles. The minimum absolute atomic E-state index is 0.0273. The lowest BCUT2D eigenvalue weighted by molar-refractivity contribution is -0.142. The molecule has 0 aliphatic rings. The number of aliphatic carboxylic acids is 2. The van der Waals surface area contributed by atoms with E-state index in [9.17, 15) is 38.7 Å². The number of nitrogens with two attached hydrogens (primary N) is 2. The Labute approximate surface area is 296 Å². The predicted octanol–water partition coefficient (Wildman–Crippen LogP) is -2.71. The summed E-state index contributed by atoms with van der Waals surface area (Å²) in [5.74, 6) is -7.03. The van der Waals surface area contributed by atoms with Crippen LogP contribution in [0.2, 0.25) is 0 Å². The summed E-state index contributed by atoms with van der Waals surface area (Å²) < 4.78 is 0. The van der Waals surface area contributed by atoms with E-state index in [4.69, 9.17) is 16.6 Å². The lowest BCUT2D eigenvalue weighted by atomic mass is 10.0. The Morgan fingerprint density at radius 3 is 2.04 bits per heavy atom. The van der Waals surface area contributed by atoms with Crippen LogP contribution in [0, 0.1) is 0 Å². The topological polar surface area (TPSA) is 317 Å². The van der Waals surface area contributed by atoms with Crippen molar-refractivity contribution in [1.29, 1.82) is 0 Å². The van der Waals surface area contributed by atoms with Crippen LogP contribution in [0.1, 0.15) is 31.0 Å². The summed E-state index contributed by atoms with van der Waals surface area (Å²) in [6.07, 6.45) is 3.57. The van der Waals surface area contributed by atoms with Gasteiger partial charge >= 0.3 is 11.9 Å². The van der Waals surface area contributed by atoms with Gasteiger partial charge in [0.05, 0.1) is 24.5 Å². The Bertz CT molecular complexity index is 1700. The number of hydrogen-bond acceptors (Lipinski definition) is 11. The maximum Gasteiger partial charge on any atom is 0.326 e. The van der Waals surface area contributed by atoms with Gasteiger partial charge in [0.1, 0.15) is 30.2 Å². The molecule has 13 N–H and O–H groups in total. The highest BCUT2D eigenvalue weighted by molar-refractivity contribution is 7.80. The molecule has 2 heterocycles. The van der Waals surface area contributed by atoms with Crippen LogP contribution >= 0.6 is 12.6 Å². The van der Waals surface area contributed by atoms with Crippen molar-refractivity contribution in [3.05, 3.63) is 54.2 Å². The van der Waals surface area contributed by atoms with Gasteiger partial charge < -0.3 is 58.2 Å². The van der Waals surface area contributed by atoms with E-state index in [-0.39, 0.29) is 31.6 Å². The molecule has 19 nitrogen and oxygen atoms in total. The molecular weight excluding hydrogens is 688 g/mol. The maximum atomic E-state index is 13.9. The number of carboxylic acids is 2. The third-order valence-electron chi connectivity index (χ3n) is 7.70. The van der Waals surface area contributed by atoms with E-state index < -0.39 is 84.1 Å². The van der Waals surface area contributed by atoms with E-state index in [1.165, 1.54) is 19.4 Å². The number of nitrogens with one attached hydrogen (secondary N) is 7. The molecule has 6 atom stereocenters. The molecule has 0 radical (unpaired) electrons. The number of thiol groups is 1. The average molecular weight is 731 g/mol. The lowest BCUT2D eigenvalue weighted by Gasteiger charge is -2.26. The summed E-state index contributed by atoms with van der Waals surface area (Å²) in [6.45, 7) is 1.30. The van der Waals surface area contributed by atoms with Crippen molar-refractivity contribution in [2.75, 3.05) is 12.3 Å². The molecule has 1 aromatic carbocycles. The number of nitrogens with zero attached hydrogens (tertiary/aromatic N) is 1. The SMILES string of the molecule is C[C@H](NC(=O)[C@H](CS)NC(=O)[C@@H](N)CC(=O)O)C(=O)N[C@@H](Cc1c[nH]c2ccccc12)C(=O)N[C@@H](Cc1c[nH]cn1)C(=O)N[C@@H](CCN)C(=O)O. The van der Waals surface area contributed by atoms with Crippen molar-refractivity contribution in [3.63, 3.8) is 0 Å². The number of benzene rings is 1. The Balaban J connectivity index is 1.82. The molecule has 0 unspecified atom stereocenters. The second kappa shape index (κ2) is 19.1. The molecule has 0 saturated carbocycles. The Morgan fingerprint density at radius 1 is 0.824 bits per heavy atom. The number of hydrogen-bond donors (Lipinski definition) is 12. The third-order valence-corrected chi connectivity index (χ3v) is 8.07. The third kappa shape index (κ3) is 11.8. The standard InChI is InChI=1S/C31H42N10O9S/c1-15(37-30(48)24(13-51)41-27(45)19(33)10-25(42)43)26(44)39-22(8-16-11-35-20-5-3-2-4-18(16)20)28(46)40-23(9-17-12-34-14-36-17)29(47)38-21(6-7-32)31(49)50/h2-5,11-12,14-15,19,21-24,35,51H,6-10,13,32-33H2,1H3,(H,34,36)(H,37,48)(H,38,47)(H,39,44)(H,40,46)(H,41,45)(H,42,43)(H,49,50)/t15-,19-,21-,22-,23-,24-/m0/s1. The lowest BCUT2D eigenvalue weighted by Crippen LogP contribution is -2.59. The van der Waals surface area contributed by atoms with E-state index >= 15 is 0 Å². The summed E-state index contributed by atoms with van der Waals surface area (Å²) in [5, 5.41) is 31.5. The minimum atomic E-state index is -1.43. The molecule has 2 aromatic heterocycles. The number of H-pyrrole nitrogens is 2. The van der Waals surface area contributed by atoms with Crippen LogP contribution in [0.15, 0.2) is 43.0 Å². The van der Waals surface area contributed by atoms with E-state index in [2.05, 4.69) is 54.2 Å². The van der Waals surface area contributed by atoms with E-state index in [0.717, 1.165) is 10.9 Å². The molecule has 3 aromatic rings. The highest BCUT2D eigenvalue weighted by atomic mass is 32.1. The second-order valence-corrected chi connectivity index (χ2v) is 12.0. The van der Waals surface area contributed by atoms with E-state index in [1.807, 2.05) is 18.2 Å². The quantitative estimate of drug-likeness (QED) is 0.0528. The fourth-order valence-corrected chi connectivity index (χ4v) is 5.21. The van der Waals surface area contributed by atoms with Crippen LogP contribution in [0.3, 0.4) is 0 Å². The number of para-hydroxylation sites is 1. The van der Waals surface area contributed by atoms with Gasteiger partial charge in [-0.25, -0.2) is 9.78 Å². The smallest absolute Gasteiger partial charge is 0.326 e. The first-order valence-electron chi connectivity index (χ1n) is 15.8. The molecule has 0 saturated heterocycles. The van der Waals surface area contributed by atoms with Gasteiger partial charge in [0, 0.05) is 41.9 Å². The number of carbonyl (C=O) groups is 7. The molecule has 5 amide bonds. The molecule has 0 bridgehead atoms. The Hall–Kier alpha value is -5.47. The van der Waals surface area contributed by atoms with Crippen molar-refractivity contribution in [3.8, 4) is 0 Å². The Morgan fingerprint density at radius 2 is 1.43 bits per heavy atom. The number of imidazole rings is 1. The monoisotopic (exact) mass is 730 g/mol. The number of rotatable bonds is 20. The second-order valence-electron chi connectivity index (χ2n) is 11.6. The number of carbonyl (C=O) groups excluding carboxylic acids is 5. The summed E-state index contributed by atoms with van der Waals surface area (Å²) in [5.41, 5.74) is 12.9. The van der Waals surface area contributed by atoms with Gasteiger partial charge in [-0.05, 0) is 31.5 Å². The number of aromatic nitrogens is 3. The molecule has 0 spiro atoms. The van der Waals surface area contributed by atoms with Gasteiger partial charge in [-0.1, -0.05) is 18.2 Å². The largest absolute Gasteiger partial charge is 0.481 e. The highest BCUT2D eigenvalue weighted by Crippen LogP contribution is 2.19. The van der Waals surface area contributed by atoms with Crippen molar-refractivity contribution < 1.29 is 43.8 Å². The van der Waals surface area contributed by atoms with Gasteiger partial charge in [0.2, 0.25) is 29.5 Å². The number of carboxylic acid groups (broad SMARTS) is 2. The van der Waals surface area contributed by atoms with Crippen LogP contribution < -0.4 is 38.1 Å². The number of fused-ring (bicyclic) bond motifs is 1. The molecule has 276 valence electrons. The van der Waals surface area contributed by atoms with E-state index in [1.54, 1.807) is 12.3 Å². The van der Waals surface area contributed by atoms with Crippen LogP contribution in [-0.2, 0) is 46.4 Å². The summed E-state index contributed by atoms with van der Waals surface area (Å²) >= 11 is 4.06. The molecule has 51 heavy (non-hydrogen) atoms. The first kappa shape index (κ1) is 40.0. The number of aromatic amines is 2. The zero-order valence-electron chi connectivity index (χ0n) is 27.5. The molecule has 3 rings (SSSR count). The average Bonchev–Trinajstić information content (AvgIpc) is 3.75. The minimum Gasteiger partial charge on any atom is -0.481 e. The summed E-state index contributed by atoms with van der Waals surface area (Å²) in [4.78, 5) is 98.5. The molecule has 0 fully saturated rings. The zero-order chi connectivity index (χ0) is 37.7. The Kier molecular flexibility index (Phi) is 14.9. The van der Waals surface area contributed by atoms with Crippen molar-refractivity contribution >= 4 is 65.0 Å². The zero-order valence-corrected chi connectivity index (χ0v) is 28.4. The summed E-state index contributed by atoms with van der Waals surface area (Å²) in [6, 6.07) is -0.719. The normalized spacial score (nSPS) is 14.6. The van der Waals surface area contributed by atoms with Gasteiger partial charge in [-0.2, -0.15) is 12.6 Å². The molecular formula is C31H42N10O9S. The highest BCUT2D eigenvalue weighted by Gasteiger charge is 2.32. The first-order valence-corrected chi connectivity index (χ1v) is 16.4. The van der Waals surface area contributed by atoms with Crippen molar-refractivity contribution in [2.24, 2.45) is 11.5 Å².